The molecule has 9 nitrogen and oxygen atoms in total. The molecule has 3 heterocycles. The van der Waals surface area contributed by atoms with Crippen molar-refractivity contribution in [3.05, 3.63) is 105 Å². The zero-order valence-corrected chi connectivity index (χ0v) is 25.3. The molecule has 4 aromatic rings. The molecule has 2 aliphatic rings. The van der Waals surface area contributed by atoms with Crippen molar-refractivity contribution in [2.45, 2.75) is 35.6 Å². The highest BCUT2D eigenvalue weighted by Gasteiger charge is 2.48. The fraction of sp³-hybridized carbons (Fsp3) is 0.194. The van der Waals surface area contributed by atoms with Crippen LogP contribution in [-0.4, -0.2) is 46.2 Å². The number of methoxy groups -OCH3 is 1. The van der Waals surface area contributed by atoms with E-state index in [4.69, 9.17) is 21.1 Å². The van der Waals surface area contributed by atoms with E-state index in [1.165, 1.54) is 35.1 Å². The predicted octanol–water partition coefficient (Wildman–Crippen LogP) is 6.22. The number of benzene rings is 3. The molecular formula is C31H24ClN3O6S2. The van der Waals surface area contributed by atoms with Gasteiger partial charge in [0.2, 0.25) is 5.13 Å². The van der Waals surface area contributed by atoms with Gasteiger partial charge in [0.25, 0.3) is 5.78 Å². The Balaban J connectivity index is 1.39. The lowest BCUT2D eigenvalue weighted by Crippen LogP contribution is -2.29. The van der Waals surface area contributed by atoms with Crippen LogP contribution in [0.5, 0.6) is 5.75 Å². The Hall–Kier alpha value is -4.19. The van der Waals surface area contributed by atoms with Gasteiger partial charge in [-0.25, -0.2) is 4.79 Å². The summed E-state index contributed by atoms with van der Waals surface area (Å²) >= 11 is 8.59. The van der Waals surface area contributed by atoms with Crippen molar-refractivity contribution in [2.75, 3.05) is 12.0 Å². The molecule has 12 heteroatoms. The number of ether oxygens (including phenoxy) is 2. The van der Waals surface area contributed by atoms with Crippen LogP contribution < -0.4 is 9.64 Å². The monoisotopic (exact) mass is 633 g/mol. The summed E-state index contributed by atoms with van der Waals surface area (Å²) in [6.07, 6.45) is 0.653. The number of hydrogen-bond donors (Lipinski definition) is 1. The number of aliphatic hydroxyl groups is 1. The Morgan fingerprint density at radius 1 is 1.09 bits per heavy atom. The molecule has 2 aliphatic heterocycles. The van der Waals surface area contributed by atoms with Gasteiger partial charge in [0.15, 0.2) is 4.34 Å². The average Bonchev–Trinajstić information content (AvgIpc) is 3.71. The van der Waals surface area contributed by atoms with Crippen LogP contribution in [0.1, 0.15) is 45.6 Å². The molecule has 3 aromatic carbocycles. The first-order valence-corrected chi connectivity index (χ1v) is 15.4. The number of amides is 1. The van der Waals surface area contributed by atoms with Crippen molar-refractivity contribution >= 4 is 63.3 Å². The maximum absolute atomic E-state index is 13.6. The second kappa shape index (κ2) is 11.8. The fourth-order valence-corrected chi connectivity index (χ4v) is 7.02. The van der Waals surface area contributed by atoms with Gasteiger partial charge in [-0.2, -0.15) is 0 Å². The number of ketones is 1. The number of carbonyl (C=O) groups excluding carboxylic acids is 3. The number of halogens is 1. The highest BCUT2D eigenvalue weighted by atomic mass is 35.5. The topological polar surface area (TPSA) is 119 Å². The van der Waals surface area contributed by atoms with Crippen molar-refractivity contribution in [2.24, 2.45) is 0 Å². The number of esters is 1. The molecule has 1 saturated heterocycles. The summed E-state index contributed by atoms with van der Waals surface area (Å²) in [5.74, 6) is -1.21. The van der Waals surface area contributed by atoms with Gasteiger partial charge in [-0.15, -0.1) is 10.2 Å². The molecule has 6 rings (SSSR count). The minimum absolute atomic E-state index is 0.00420. The summed E-state index contributed by atoms with van der Waals surface area (Å²) in [4.78, 5) is 40.5. The van der Waals surface area contributed by atoms with Crippen LogP contribution in [0.4, 0.5) is 5.13 Å². The number of aromatic nitrogens is 2. The van der Waals surface area contributed by atoms with Crippen molar-refractivity contribution in [1.29, 1.82) is 0 Å². The van der Waals surface area contributed by atoms with E-state index in [0.29, 0.717) is 38.2 Å². The summed E-state index contributed by atoms with van der Waals surface area (Å²) in [5, 5.41) is 20.9. The summed E-state index contributed by atoms with van der Waals surface area (Å²) in [6.45, 7) is 1.95. The summed E-state index contributed by atoms with van der Waals surface area (Å²) in [6, 6.07) is 18.0. The number of hydrogen-bond acceptors (Lipinski definition) is 10. The predicted molar refractivity (Wildman–Crippen MR) is 164 cm³/mol. The molecule has 0 unspecified atom stereocenters. The van der Waals surface area contributed by atoms with E-state index in [0.717, 1.165) is 16.9 Å². The van der Waals surface area contributed by atoms with Gasteiger partial charge in [0.1, 0.15) is 17.6 Å². The minimum atomic E-state index is -1.02. The number of thioether (sulfide) groups is 1. The Morgan fingerprint density at radius 3 is 2.53 bits per heavy atom. The highest BCUT2D eigenvalue weighted by Crippen LogP contribution is 2.44. The third-order valence-electron chi connectivity index (χ3n) is 7.14. The van der Waals surface area contributed by atoms with E-state index >= 15 is 0 Å². The number of anilines is 1. The lowest BCUT2D eigenvalue weighted by molar-refractivity contribution is -0.132. The molecule has 0 saturated carbocycles. The Morgan fingerprint density at radius 2 is 1.81 bits per heavy atom. The number of Topliss-reactive ketones (excluding diaryl/α,β-unsaturated/α-hetero) is 1. The Kier molecular flexibility index (Phi) is 7.95. The molecule has 1 amide bonds. The highest BCUT2D eigenvalue weighted by molar-refractivity contribution is 8.00. The average molecular weight is 634 g/mol. The van der Waals surface area contributed by atoms with Gasteiger partial charge < -0.3 is 14.6 Å². The minimum Gasteiger partial charge on any atom is -0.507 e. The van der Waals surface area contributed by atoms with Crippen LogP contribution in [0.25, 0.3) is 5.76 Å². The standard InChI is InChI=1S/C31H24ClN3O6S2/c1-16-13-21-14-20(9-12-23(21)41-16)26(36)24-25(18-5-7-19(8-6-18)29(39)40-2)35(28(38)27(24)37)30-33-34-31(43-30)42-15-17-3-10-22(32)11-4-17/h3-12,14,16,25,36H,13,15H2,1-2H3/t16-,25+/m0/s1. The first kappa shape index (κ1) is 28.9. The molecule has 43 heavy (non-hydrogen) atoms. The van der Waals surface area contributed by atoms with Crippen LogP contribution in [0.15, 0.2) is 76.6 Å². The summed E-state index contributed by atoms with van der Waals surface area (Å²) < 4.78 is 11.2. The molecule has 2 atom stereocenters. The lowest BCUT2D eigenvalue weighted by Gasteiger charge is -2.22. The first-order valence-electron chi connectivity index (χ1n) is 13.2. The molecule has 1 fully saturated rings. The maximum atomic E-state index is 13.6. The summed E-state index contributed by atoms with van der Waals surface area (Å²) in [7, 11) is 1.28. The SMILES string of the molecule is COC(=O)c1ccc([C@@H]2C(=C(O)c3ccc4c(c3)C[C@H](C)O4)C(=O)C(=O)N2c2nnc(SCc3ccc(Cl)cc3)s2)cc1. The van der Waals surface area contributed by atoms with E-state index in [9.17, 15) is 19.5 Å². The van der Waals surface area contributed by atoms with E-state index < -0.39 is 23.7 Å². The third kappa shape index (κ3) is 5.63. The van der Waals surface area contributed by atoms with Crippen LogP contribution in [-0.2, 0) is 26.5 Å². The smallest absolute Gasteiger partial charge is 0.337 e. The van der Waals surface area contributed by atoms with Gasteiger partial charge in [-0.1, -0.05) is 59.0 Å². The van der Waals surface area contributed by atoms with Crippen molar-refractivity contribution in [3.63, 3.8) is 0 Å². The van der Waals surface area contributed by atoms with Gasteiger partial charge in [0, 0.05) is 22.8 Å². The van der Waals surface area contributed by atoms with Crippen molar-refractivity contribution in [3.8, 4) is 5.75 Å². The van der Waals surface area contributed by atoms with Gasteiger partial charge in [0.05, 0.1) is 24.3 Å². The molecule has 0 radical (unpaired) electrons. The number of nitrogens with zero attached hydrogens (tertiary/aromatic N) is 3. The number of aliphatic hydroxyl groups excluding tert-OH is 1. The quantitative estimate of drug-likeness (QED) is 0.0632. The fourth-order valence-electron chi connectivity index (χ4n) is 5.07. The number of fused-ring (bicyclic) bond motifs is 1. The molecule has 0 spiro atoms. The van der Waals surface area contributed by atoms with E-state index in [2.05, 4.69) is 10.2 Å². The number of carbonyl (C=O) groups is 3. The van der Waals surface area contributed by atoms with Gasteiger partial charge >= 0.3 is 11.9 Å². The van der Waals surface area contributed by atoms with E-state index in [1.807, 2.05) is 31.2 Å². The maximum Gasteiger partial charge on any atom is 0.337 e. The Bertz CT molecular complexity index is 1770. The molecule has 0 aliphatic carbocycles. The normalized spacial score (nSPS) is 18.9. The third-order valence-corrected chi connectivity index (χ3v) is 9.52. The van der Waals surface area contributed by atoms with Crippen molar-refractivity contribution < 1.29 is 29.0 Å². The van der Waals surface area contributed by atoms with Crippen molar-refractivity contribution in [1.82, 2.24) is 10.2 Å². The molecule has 0 bridgehead atoms. The molecule has 218 valence electrons. The molecule has 1 N–H and O–H groups in total. The zero-order chi connectivity index (χ0) is 30.2. The van der Waals surface area contributed by atoms with Crippen LogP contribution in [0.2, 0.25) is 5.02 Å². The van der Waals surface area contributed by atoms with Crippen LogP contribution in [0.3, 0.4) is 0 Å². The van der Waals surface area contributed by atoms with Crippen LogP contribution >= 0.6 is 34.7 Å². The first-order chi connectivity index (χ1) is 20.7. The number of rotatable bonds is 7. The second-order valence-corrected chi connectivity index (χ2v) is 12.6. The van der Waals surface area contributed by atoms with E-state index in [-0.39, 0.29) is 22.6 Å². The molecule has 1 aromatic heterocycles. The Labute approximate surface area is 260 Å². The van der Waals surface area contributed by atoms with Gasteiger partial charge in [-0.05, 0) is 66.1 Å². The van der Waals surface area contributed by atoms with Crippen LogP contribution in [0, 0.1) is 0 Å². The summed E-state index contributed by atoms with van der Waals surface area (Å²) in [5.41, 5.74) is 3.03. The largest absolute Gasteiger partial charge is 0.507 e. The zero-order valence-electron chi connectivity index (χ0n) is 22.9. The van der Waals surface area contributed by atoms with Gasteiger partial charge in [-0.3, -0.25) is 14.5 Å². The van der Waals surface area contributed by atoms with E-state index in [1.54, 1.807) is 42.5 Å². The second-order valence-electron chi connectivity index (χ2n) is 10.0. The molecular weight excluding hydrogens is 610 g/mol. The lowest BCUT2D eigenvalue weighted by atomic mass is 9.94.